The van der Waals surface area contributed by atoms with Crippen molar-refractivity contribution in [3.63, 3.8) is 0 Å². The lowest BCUT2D eigenvalue weighted by Crippen LogP contribution is -2.13. The van der Waals surface area contributed by atoms with Crippen LogP contribution in [0.4, 0.5) is 11.4 Å². The van der Waals surface area contributed by atoms with Gasteiger partial charge in [0.1, 0.15) is 0 Å². The van der Waals surface area contributed by atoms with Gasteiger partial charge >= 0.3 is 0 Å². The van der Waals surface area contributed by atoms with Gasteiger partial charge in [-0.15, -0.1) is 0 Å². The maximum absolute atomic E-state index is 12.2. The number of amides is 2. The van der Waals surface area contributed by atoms with Crippen LogP contribution in [0.3, 0.4) is 0 Å². The first-order chi connectivity index (χ1) is 10.5. The molecule has 22 heavy (non-hydrogen) atoms. The second-order valence-electron chi connectivity index (χ2n) is 4.53. The van der Waals surface area contributed by atoms with Crippen molar-refractivity contribution in [3.05, 3.63) is 58.1 Å². The number of hydrogen-bond acceptors (Lipinski definition) is 2. The lowest BCUT2D eigenvalue weighted by Gasteiger charge is -2.09. The van der Waals surface area contributed by atoms with Crippen LogP contribution in [0.25, 0.3) is 0 Å². The Balaban J connectivity index is 2.09. The molecule has 0 atom stereocenters. The van der Waals surface area contributed by atoms with Gasteiger partial charge in [-0.1, -0.05) is 36.2 Å². The van der Waals surface area contributed by atoms with Crippen molar-refractivity contribution in [2.45, 2.75) is 13.3 Å². The Bertz CT molecular complexity index is 700. The summed E-state index contributed by atoms with van der Waals surface area (Å²) in [6.45, 7) is 1.78. The van der Waals surface area contributed by atoms with E-state index < -0.39 is 0 Å². The number of halogens is 2. The molecule has 0 aliphatic rings. The highest BCUT2D eigenvalue weighted by molar-refractivity contribution is 6.44. The molecule has 0 radical (unpaired) electrons. The van der Waals surface area contributed by atoms with Crippen molar-refractivity contribution in [1.82, 2.24) is 0 Å². The molecule has 0 unspecified atom stereocenters. The van der Waals surface area contributed by atoms with Crippen LogP contribution in [0.15, 0.2) is 42.5 Å². The van der Waals surface area contributed by atoms with Crippen LogP contribution < -0.4 is 10.6 Å². The van der Waals surface area contributed by atoms with Crippen molar-refractivity contribution in [3.8, 4) is 0 Å². The number of benzene rings is 2. The summed E-state index contributed by atoms with van der Waals surface area (Å²) in [5, 5.41) is 6.00. The molecule has 0 aliphatic carbocycles. The van der Waals surface area contributed by atoms with Crippen LogP contribution in [0, 0.1) is 0 Å². The van der Waals surface area contributed by atoms with Gasteiger partial charge in [-0.2, -0.15) is 0 Å². The van der Waals surface area contributed by atoms with Crippen molar-refractivity contribution >= 4 is 46.4 Å². The van der Waals surface area contributed by atoms with E-state index in [2.05, 4.69) is 10.6 Å². The van der Waals surface area contributed by atoms with Gasteiger partial charge in [0.05, 0.1) is 15.6 Å². The van der Waals surface area contributed by atoms with Crippen LogP contribution in [-0.2, 0) is 4.79 Å². The third kappa shape index (κ3) is 4.00. The van der Waals surface area contributed by atoms with Crippen LogP contribution in [0.5, 0.6) is 0 Å². The van der Waals surface area contributed by atoms with Gasteiger partial charge in [-0.3, -0.25) is 9.59 Å². The summed E-state index contributed by atoms with van der Waals surface area (Å²) >= 11 is 11.9. The van der Waals surface area contributed by atoms with Gasteiger partial charge in [-0.25, -0.2) is 0 Å². The number of carbonyl (C=O) groups is 2. The maximum atomic E-state index is 12.2. The predicted octanol–water partition coefficient (Wildman–Crippen LogP) is 4.59. The quantitative estimate of drug-likeness (QED) is 0.857. The molecule has 6 heteroatoms. The van der Waals surface area contributed by atoms with Crippen molar-refractivity contribution < 1.29 is 9.59 Å². The fraction of sp³-hybridized carbons (Fsp3) is 0.125. The van der Waals surface area contributed by atoms with E-state index in [0.29, 0.717) is 28.4 Å². The third-order valence-electron chi connectivity index (χ3n) is 2.94. The monoisotopic (exact) mass is 336 g/mol. The first-order valence-electron chi connectivity index (χ1n) is 6.66. The summed E-state index contributed by atoms with van der Waals surface area (Å²) < 4.78 is 0. The van der Waals surface area contributed by atoms with Gasteiger partial charge in [0.15, 0.2) is 0 Å². The molecule has 0 bridgehead atoms. The summed E-state index contributed by atoms with van der Waals surface area (Å²) in [6, 6.07) is 11.7. The molecule has 2 rings (SSSR count). The minimum Gasteiger partial charge on any atom is -0.326 e. The molecule has 0 aliphatic heterocycles. The van der Waals surface area contributed by atoms with Crippen molar-refractivity contribution in [2.75, 3.05) is 10.6 Å². The summed E-state index contributed by atoms with van der Waals surface area (Å²) in [7, 11) is 0. The fourth-order valence-corrected chi connectivity index (χ4v) is 2.15. The Morgan fingerprint density at radius 2 is 1.55 bits per heavy atom. The number of rotatable bonds is 4. The Kier molecular flexibility index (Phi) is 5.41. The van der Waals surface area contributed by atoms with Crippen LogP contribution in [-0.4, -0.2) is 11.8 Å². The average Bonchev–Trinajstić information content (AvgIpc) is 2.51. The fourth-order valence-electron chi connectivity index (χ4n) is 1.76. The number of hydrogen-bond donors (Lipinski definition) is 2. The maximum Gasteiger partial charge on any atom is 0.257 e. The summed E-state index contributed by atoms with van der Waals surface area (Å²) in [5.74, 6) is -0.416. The Labute approximate surface area is 138 Å². The molecule has 0 fully saturated rings. The zero-order valence-corrected chi connectivity index (χ0v) is 13.3. The van der Waals surface area contributed by atoms with E-state index >= 15 is 0 Å². The summed E-state index contributed by atoms with van der Waals surface area (Å²) in [5.41, 5.74) is 1.57. The predicted molar refractivity (Wildman–Crippen MR) is 89.8 cm³/mol. The molecule has 0 heterocycles. The Morgan fingerprint density at radius 3 is 2.14 bits per heavy atom. The number of nitrogens with one attached hydrogen (secondary N) is 2. The lowest BCUT2D eigenvalue weighted by atomic mass is 10.2. The van der Waals surface area contributed by atoms with E-state index in [4.69, 9.17) is 23.2 Å². The number of carbonyl (C=O) groups excluding carboxylic acids is 2. The summed E-state index contributed by atoms with van der Waals surface area (Å²) in [4.78, 5) is 23.5. The van der Waals surface area contributed by atoms with Crippen molar-refractivity contribution in [1.29, 1.82) is 0 Å². The third-order valence-corrected chi connectivity index (χ3v) is 3.76. The van der Waals surface area contributed by atoms with E-state index in [9.17, 15) is 9.59 Å². The highest BCUT2D eigenvalue weighted by Crippen LogP contribution is 2.26. The van der Waals surface area contributed by atoms with Crippen LogP contribution in [0.1, 0.15) is 23.7 Å². The second-order valence-corrected chi connectivity index (χ2v) is 5.32. The van der Waals surface area contributed by atoms with Gasteiger partial charge in [0.2, 0.25) is 5.91 Å². The molecule has 0 saturated heterocycles. The van der Waals surface area contributed by atoms with Gasteiger partial charge in [-0.05, 0) is 36.4 Å². The van der Waals surface area contributed by atoms with Gasteiger partial charge in [0, 0.05) is 17.8 Å². The highest BCUT2D eigenvalue weighted by atomic mass is 35.5. The first-order valence-corrected chi connectivity index (χ1v) is 7.42. The van der Waals surface area contributed by atoms with Crippen LogP contribution in [0.2, 0.25) is 10.0 Å². The minimum atomic E-state index is -0.349. The summed E-state index contributed by atoms with van der Waals surface area (Å²) in [6.07, 6.45) is 0.408. The van der Waals surface area contributed by atoms with Crippen molar-refractivity contribution in [2.24, 2.45) is 0 Å². The standard InChI is InChI=1S/C16H14Cl2N2O2/c1-2-14(21)19-10-6-8-11(9-7-10)20-16(22)12-4-3-5-13(17)15(12)18/h3-9H,2H2,1H3,(H,19,21)(H,20,22). The largest absolute Gasteiger partial charge is 0.326 e. The van der Waals surface area contributed by atoms with E-state index in [-0.39, 0.29) is 16.8 Å². The highest BCUT2D eigenvalue weighted by Gasteiger charge is 2.12. The zero-order chi connectivity index (χ0) is 16.1. The Hall–Kier alpha value is -2.04. The normalized spacial score (nSPS) is 10.1. The van der Waals surface area contributed by atoms with E-state index in [1.807, 2.05) is 0 Å². The molecule has 0 spiro atoms. The smallest absolute Gasteiger partial charge is 0.257 e. The lowest BCUT2D eigenvalue weighted by molar-refractivity contribution is -0.115. The molecule has 0 saturated carbocycles. The zero-order valence-electron chi connectivity index (χ0n) is 11.8. The van der Waals surface area contributed by atoms with Crippen LogP contribution >= 0.6 is 23.2 Å². The van der Waals surface area contributed by atoms with Gasteiger partial charge in [0.25, 0.3) is 5.91 Å². The molecule has 0 aromatic heterocycles. The molecule has 2 aromatic carbocycles. The topological polar surface area (TPSA) is 58.2 Å². The minimum absolute atomic E-state index is 0.0671. The molecule has 2 amide bonds. The van der Waals surface area contributed by atoms with E-state index in [1.165, 1.54) is 0 Å². The van der Waals surface area contributed by atoms with Gasteiger partial charge < -0.3 is 10.6 Å². The van der Waals surface area contributed by atoms with E-state index in [0.717, 1.165) is 0 Å². The molecule has 2 aromatic rings. The van der Waals surface area contributed by atoms with E-state index in [1.54, 1.807) is 49.4 Å². The molecular weight excluding hydrogens is 323 g/mol. The average molecular weight is 337 g/mol. The molecule has 2 N–H and O–H groups in total. The second kappa shape index (κ2) is 7.29. The SMILES string of the molecule is CCC(=O)Nc1ccc(NC(=O)c2cccc(Cl)c2Cl)cc1. The molecule has 114 valence electrons. The Morgan fingerprint density at radius 1 is 0.955 bits per heavy atom. The molecular formula is C16H14Cl2N2O2. The molecule has 4 nitrogen and oxygen atoms in total. The first kappa shape index (κ1) is 16.3. The number of anilines is 2.